The second-order valence-corrected chi connectivity index (χ2v) is 4.50. The predicted molar refractivity (Wildman–Crippen MR) is 71.1 cm³/mol. The Labute approximate surface area is 115 Å². The standard InChI is InChI=1S/C16H12O4/c17-15-11-5-7-12(8-6-11)16(18)20-10-14-4-2-1-3-13(14)9-19-15/h1-8H,9-10H2. The van der Waals surface area contributed by atoms with Gasteiger partial charge in [-0.2, -0.15) is 0 Å². The van der Waals surface area contributed by atoms with Crippen molar-refractivity contribution in [3.8, 4) is 0 Å². The predicted octanol–water partition coefficient (Wildman–Crippen LogP) is 2.71. The quantitative estimate of drug-likeness (QED) is 0.689. The molecule has 4 nitrogen and oxygen atoms in total. The van der Waals surface area contributed by atoms with E-state index in [0.29, 0.717) is 11.1 Å². The Morgan fingerprint density at radius 3 is 1.45 bits per heavy atom. The lowest BCUT2D eigenvalue weighted by Crippen LogP contribution is -2.11. The summed E-state index contributed by atoms with van der Waals surface area (Å²) in [4.78, 5) is 23.8. The Morgan fingerprint density at radius 1 is 0.650 bits per heavy atom. The SMILES string of the molecule is O=C1OCc2ccccc2COC(=O)c2ccc1cc2. The number of fused-ring (bicyclic) bond motifs is 6. The number of ether oxygens (including phenoxy) is 2. The third-order valence-electron chi connectivity index (χ3n) is 3.19. The Kier molecular flexibility index (Phi) is 3.21. The van der Waals surface area contributed by atoms with Gasteiger partial charge in [0, 0.05) is 0 Å². The minimum Gasteiger partial charge on any atom is -0.457 e. The monoisotopic (exact) mass is 268 g/mol. The highest BCUT2D eigenvalue weighted by Crippen LogP contribution is 2.16. The van der Waals surface area contributed by atoms with E-state index in [9.17, 15) is 9.59 Å². The van der Waals surface area contributed by atoms with E-state index in [4.69, 9.17) is 9.47 Å². The minimum atomic E-state index is -0.403. The van der Waals surface area contributed by atoms with E-state index < -0.39 is 11.9 Å². The first-order valence-electron chi connectivity index (χ1n) is 6.25. The van der Waals surface area contributed by atoms with Gasteiger partial charge >= 0.3 is 11.9 Å². The van der Waals surface area contributed by atoms with Crippen LogP contribution in [0, 0.1) is 0 Å². The lowest BCUT2D eigenvalue weighted by molar-refractivity contribution is 0.0430. The molecule has 0 aliphatic carbocycles. The Bertz CT molecular complexity index is 600. The number of benzene rings is 2. The second kappa shape index (κ2) is 5.17. The molecule has 4 heteroatoms. The van der Waals surface area contributed by atoms with Crippen molar-refractivity contribution in [3.63, 3.8) is 0 Å². The lowest BCUT2D eigenvalue weighted by atomic mass is 10.1. The number of carbonyl (C=O) groups is 2. The zero-order valence-corrected chi connectivity index (χ0v) is 10.7. The van der Waals surface area contributed by atoms with Crippen molar-refractivity contribution < 1.29 is 19.1 Å². The van der Waals surface area contributed by atoms with Gasteiger partial charge in [-0.1, -0.05) is 24.3 Å². The van der Waals surface area contributed by atoms with Crippen LogP contribution in [0.25, 0.3) is 0 Å². The first-order chi connectivity index (χ1) is 9.74. The van der Waals surface area contributed by atoms with Crippen LogP contribution in [0.4, 0.5) is 0 Å². The topological polar surface area (TPSA) is 52.6 Å². The molecule has 2 aliphatic rings. The molecule has 2 bridgehead atoms. The molecule has 0 saturated carbocycles. The number of carbonyl (C=O) groups excluding carboxylic acids is 2. The van der Waals surface area contributed by atoms with E-state index in [1.807, 2.05) is 24.3 Å². The van der Waals surface area contributed by atoms with Crippen LogP contribution in [0.5, 0.6) is 0 Å². The third-order valence-corrected chi connectivity index (χ3v) is 3.19. The summed E-state index contributed by atoms with van der Waals surface area (Å²) in [7, 11) is 0. The summed E-state index contributed by atoms with van der Waals surface area (Å²) in [5.41, 5.74) is 2.51. The summed E-state index contributed by atoms with van der Waals surface area (Å²) >= 11 is 0. The van der Waals surface area contributed by atoms with E-state index >= 15 is 0 Å². The van der Waals surface area contributed by atoms with E-state index in [-0.39, 0.29) is 13.2 Å². The Balaban J connectivity index is 1.98. The fourth-order valence-electron chi connectivity index (χ4n) is 2.03. The largest absolute Gasteiger partial charge is 0.457 e. The molecule has 2 heterocycles. The first-order valence-corrected chi connectivity index (χ1v) is 6.25. The average Bonchev–Trinajstić information content (AvgIpc) is 2.50. The molecule has 0 fully saturated rings. The Morgan fingerprint density at radius 2 is 1.05 bits per heavy atom. The molecule has 100 valence electrons. The van der Waals surface area contributed by atoms with Gasteiger partial charge in [-0.25, -0.2) is 9.59 Å². The van der Waals surface area contributed by atoms with Crippen molar-refractivity contribution in [2.24, 2.45) is 0 Å². The van der Waals surface area contributed by atoms with Crippen molar-refractivity contribution in [3.05, 3.63) is 70.8 Å². The molecule has 4 rings (SSSR count). The molecular formula is C16H12O4. The van der Waals surface area contributed by atoms with E-state index in [1.54, 1.807) is 24.3 Å². The summed E-state index contributed by atoms with van der Waals surface area (Å²) < 4.78 is 10.5. The fourth-order valence-corrected chi connectivity index (χ4v) is 2.03. The molecule has 0 amide bonds. The molecule has 0 spiro atoms. The molecular weight excluding hydrogens is 256 g/mol. The third kappa shape index (κ3) is 2.40. The number of hydrogen-bond acceptors (Lipinski definition) is 4. The molecule has 2 aliphatic heterocycles. The summed E-state index contributed by atoms with van der Waals surface area (Å²) in [5.74, 6) is -0.805. The van der Waals surface area contributed by atoms with E-state index in [2.05, 4.69) is 0 Å². The van der Waals surface area contributed by atoms with Crippen molar-refractivity contribution in [1.29, 1.82) is 0 Å². The van der Waals surface area contributed by atoms with Gasteiger partial charge < -0.3 is 9.47 Å². The number of rotatable bonds is 0. The number of hydrogen-bond donors (Lipinski definition) is 0. The molecule has 0 saturated heterocycles. The highest BCUT2D eigenvalue weighted by Gasteiger charge is 2.14. The van der Waals surface area contributed by atoms with Crippen molar-refractivity contribution >= 4 is 11.9 Å². The molecule has 0 unspecified atom stereocenters. The van der Waals surface area contributed by atoms with Crippen molar-refractivity contribution in [2.75, 3.05) is 0 Å². The van der Waals surface area contributed by atoms with Crippen LogP contribution < -0.4 is 0 Å². The zero-order valence-electron chi connectivity index (χ0n) is 10.7. The molecule has 2 aromatic carbocycles. The molecule has 0 radical (unpaired) electrons. The van der Waals surface area contributed by atoms with Crippen LogP contribution >= 0.6 is 0 Å². The maximum absolute atomic E-state index is 11.9. The van der Waals surface area contributed by atoms with E-state index in [0.717, 1.165) is 11.1 Å². The smallest absolute Gasteiger partial charge is 0.338 e. The van der Waals surface area contributed by atoms with Gasteiger partial charge in [0.15, 0.2) is 0 Å². The number of esters is 2. The van der Waals surface area contributed by atoms with Crippen LogP contribution in [0.2, 0.25) is 0 Å². The van der Waals surface area contributed by atoms with Gasteiger partial charge in [0.25, 0.3) is 0 Å². The maximum atomic E-state index is 11.9. The average molecular weight is 268 g/mol. The van der Waals surface area contributed by atoms with Gasteiger partial charge in [0.2, 0.25) is 0 Å². The molecule has 0 aromatic heterocycles. The summed E-state index contributed by atoms with van der Waals surface area (Å²) in [6.45, 7) is 0.322. The first kappa shape index (κ1) is 12.4. The Hall–Kier alpha value is -2.62. The van der Waals surface area contributed by atoms with Gasteiger partial charge in [0.1, 0.15) is 13.2 Å². The van der Waals surface area contributed by atoms with Crippen molar-refractivity contribution in [2.45, 2.75) is 13.2 Å². The van der Waals surface area contributed by atoms with Crippen LogP contribution in [0.15, 0.2) is 48.5 Å². The summed E-state index contributed by atoms with van der Waals surface area (Å²) in [5, 5.41) is 0. The lowest BCUT2D eigenvalue weighted by Gasteiger charge is -2.13. The highest BCUT2D eigenvalue weighted by molar-refractivity contribution is 5.93. The van der Waals surface area contributed by atoms with Crippen LogP contribution in [-0.4, -0.2) is 11.9 Å². The summed E-state index contributed by atoms with van der Waals surface area (Å²) in [6.07, 6.45) is 0. The maximum Gasteiger partial charge on any atom is 0.338 e. The van der Waals surface area contributed by atoms with Gasteiger partial charge in [0.05, 0.1) is 11.1 Å². The molecule has 0 atom stereocenters. The van der Waals surface area contributed by atoms with Crippen LogP contribution in [0.1, 0.15) is 31.8 Å². The van der Waals surface area contributed by atoms with Crippen molar-refractivity contribution in [1.82, 2.24) is 0 Å². The molecule has 20 heavy (non-hydrogen) atoms. The zero-order chi connectivity index (χ0) is 13.9. The minimum absolute atomic E-state index is 0.161. The fraction of sp³-hybridized carbons (Fsp3) is 0.125. The van der Waals surface area contributed by atoms with Gasteiger partial charge in [-0.05, 0) is 35.4 Å². The van der Waals surface area contributed by atoms with Crippen LogP contribution in [-0.2, 0) is 22.7 Å². The second-order valence-electron chi connectivity index (χ2n) is 4.50. The van der Waals surface area contributed by atoms with Gasteiger partial charge in [-0.15, -0.1) is 0 Å². The molecule has 0 N–H and O–H groups in total. The highest BCUT2D eigenvalue weighted by atomic mass is 16.5. The summed E-state index contributed by atoms with van der Waals surface area (Å²) in [6, 6.07) is 13.7. The molecule has 2 aromatic rings. The van der Waals surface area contributed by atoms with Gasteiger partial charge in [-0.3, -0.25) is 0 Å². The van der Waals surface area contributed by atoms with E-state index in [1.165, 1.54) is 0 Å². The normalized spacial score (nSPS) is 14.6. The van der Waals surface area contributed by atoms with Crippen LogP contribution in [0.3, 0.4) is 0 Å².